The first-order valence-corrected chi connectivity index (χ1v) is 10.2. The Morgan fingerprint density at radius 3 is 2.18 bits per heavy atom. The molecular weight excluding hydrogens is 448 g/mol. The van der Waals surface area contributed by atoms with Crippen molar-refractivity contribution in [1.29, 1.82) is 5.26 Å². The Balaban J connectivity index is 1.52. The van der Waals surface area contributed by atoms with E-state index in [0.717, 1.165) is 23.8 Å². The first-order chi connectivity index (χ1) is 15.5. The Bertz CT molecular complexity index is 1020. The van der Waals surface area contributed by atoms with E-state index in [-0.39, 0.29) is 29.5 Å². The zero-order valence-corrected chi connectivity index (χ0v) is 17.4. The maximum absolute atomic E-state index is 13.3. The fraction of sp³-hybridized carbons (Fsp3) is 0.391. The van der Waals surface area contributed by atoms with Crippen LogP contribution in [0.15, 0.2) is 42.5 Å². The van der Waals surface area contributed by atoms with E-state index < -0.39 is 23.5 Å². The summed E-state index contributed by atoms with van der Waals surface area (Å²) in [6, 6.07) is 9.83. The molecule has 1 aliphatic heterocycles. The first kappa shape index (κ1) is 24.6. The highest BCUT2D eigenvalue weighted by Gasteiger charge is 2.34. The van der Waals surface area contributed by atoms with E-state index in [1.54, 1.807) is 6.07 Å². The molecule has 1 saturated heterocycles. The maximum atomic E-state index is 13.3. The minimum Gasteiger partial charge on any atom is -0.352 e. The van der Waals surface area contributed by atoms with Gasteiger partial charge in [-0.1, -0.05) is 18.2 Å². The zero-order valence-electron chi connectivity index (χ0n) is 17.4. The van der Waals surface area contributed by atoms with E-state index in [1.807, 2.05) is 4.90 Å². The molecule has 2 aromatic rings. The van der Waals surface area contributed by atoms with Gasteiger partial charge in [-0.15, -0.1) is 0 Å². The number of rotatable bonds is 5. The summed E-state index contributed by atoms with van der Waals surface area (Å²) in [6.07, 6.45) is -8.04. The Morgan fingerprint density at radius 1 is 1.00 bits per heavy atom. The fourth-order valence-corrected chi connectivity index (χ4v) is 3.80. The van der Waals surface area contributed by atoms with Gasteiger partial charge in [-0.25, -0.2) is 0 Å². The summed E-state index contributed by atoms with van der Waals surface area (Å²) in [7, 11) is 0. The zero-order chi connectivity index (χ0) is 24.2. The molecule has 0 radical (unpaired) electrons. The smallest absolute Gasteiger partial charge is 0.352 e. The summed E-state index contributed by atoms with van der Waals surface area (Å²) < 4.78 is 77.8. The van der Waals surface area contributed by atoms with Gasteiger partial charge in [0.15, 0.2) is 0 Å². The van der Waals surface area contributed by atoms with Crippen LogP contribution in [0, 0.1) is 17.2 Å². The normalized spacial score (nSPS) is 15.8. The highest BCUT2D eigenvalue weighted by Crippen LogP contribution is 2.33. The fourth-order valence-electron chi connectivity index (χ4n) is 3.80. The predicted octanol–water partition coefficient (Wildman–Crippen LogP) is 5.12. The van der Waals surface area contributed by atoms with Crippen LogP contribution in [0.2, 0.25) is 0 Å². The molecule has 33 heavy (non-hydrogen) atoms. The second-order valence-electron chi connectivity index (χ2n) is 7.94. The van der Waals surface area contributed by atoms with Gasteiger partial charge < -0.3 is 5.32 Å². The molecule has 2 aromatic carbocycles. The van der Waals surface area contributed by atoms with Crippen molar-refractivity contribution in [2.24, 2.45) is 5.92 Å². The average molecular weight is 469 g/mol. The summed E-state index contributed by atoms with van der Waals surface area (Å²) in [4.78, 5) is 14.5. The Kier molecular flexibility index (Phi) is 7.32. The van der Waals surface area contributed by atoms with Gasteiger partial charge in [0.25, 0.3) is 0 Å². The van der Waals surface area contributed by atoms with Crippen LogP contribution in [0.1, 0.15) is 40.7 Å². The summed E-state index contributed by atoms with van der Waals surface area (Å²) in [5, 5.41) is 11.4. The molecule has 4 nitrogen and oxygen atoms in total. The lowest BCUT2D eigenvalue weighted by atomic mass is 9.95. The number of carbonyl (C=O) groups is 1. The number of piperidine rings is 1. The highest BCUT2D eigenvalue weighted by molar-refractivity contribution is 5.78. The van der Waals surface area contributed by atoms with Crippen LogP contribution in [0.3, 0.4) is 0 Å². The number of nitriles is 1. The van der Waals surface area contributed by atoms with Gasteiger partial charge in [0, 0.05) is 19.0 Å². The van der Waals surface area contributed by atoms with Gasteiger partial charge >= 0.3 is 12.4 Å². The van der Waals surface area contributed by atoms with Crippen LogP contribution in [0.4, 0.5) is 26.3 Å². The molecule has 0 aromatic heterocycles. The molecule has 0 bridgehead atoms. The predicted molar refractivity (Wildman–Crippen MR) is 107 cm³/mol. The third-order valence-electron chi connectivity index (χ3n) is 5.64. The standard InChI is InChI=1S/C23H21F6N3O/c24-22(25,26)19-5-2-15(3-6-19)14-32-9-7-17(8-10-32)21(33)31-13-18-4-1-16(12-30)11-20(18)23(27,28)29/h1-6,11,17H,7-10,13-14H2,(H,31,33). The number of benzene rings is 2. The number of nitrogens with one attached hydrogen (secondary N) is 1. The monoisotopic (exact) mass is 469 g/mol. The number of carbonyl (C=O) groups excluding carboxylic acids is 1. The average Bonchev–Trinajstić information content (AvgIpc) is 2.77. The van der Waals surface area contributed by atoms with Crippen molar-refractivity contribution in [3.8, 4) is 6.07 Å². The van der Waals surface area contributed by atoms with Crippen LogP contribution in [-0.2, 0) is 30.2 Å². The van der Waals surface area contributed by atoms with Gasteiger partial charge in [-0.3, -0.25) is 9.69 Å². The molecule has 1 N–H and O–H groups in total. The lowest BCUT2D eigenvalue weighted by molar-refractivity contribution is -0.139. The largest absolute Gasteiger partial charge is 0.416 e. The molecule has 0 spiro atoms. The third kappa shape index (κ3) is 6.48. The lowest BCUT2D eigenvalue weighted by Gasteiger charge is -2.31. The van der Waals surface area contributed by atoms with Crippen molar-refractivity contribution in [2.75, 3.05) is 13.1 Å². The van der Waals surface area contributed by atoms with Crippen molar-refractivity contribution < 1.29 is 31.1 Å². The van der Waals surface area contributed by atoms with Gasteiger partial charge in [0.05, 0.1) is 22.8 Å². The van der Waals surface area contributed by atoms with E-state index >= 15 is 0 Å². The van der Waals surface area contributed by atoms with Crippen molar-refractivity contribution in [1.82, 2.24) is 10.2 Å². The molecule has 1 fully saturated rings. The molecule has 176 valence electrons. The quantitative estimate of drug-likeness (QED) is 0.619. The maximum Gasteiger partial charge on any atom is 0.416 e. The van der Waals surface area contributed by atoms with Gasteiger partial charge in [0.1, 0.15) is 0 Å². The summed E-state index contributed by atoms with van der Waals surface area (Å²) in [5.41, 5.74) is -1.16. The summed E-state index contributed by atoms with van der Waals surface area (Å²) in [6.45, 7) is 1.24. The van der Waals surface area contributed by atoms with E-state index in [2.05, 4.69) is 5.32 Å². The number of likely N-dealkylation sites (tertiary alicyclic amines) is 1. The van der Waals surface area contributed by atoms with Crippen LogP contribution >= 0.6 is 0 Å². The molecule has 0 aliphatic carbocycles. The van der Waals surface area contributed by atoms with E-state index in [0.29, 0.717) is 32.5 Å². The number of halogens is 6. The van der Waals surface area contributed by atoms with Crippen LogP contribution in [0.5, 0.6) is 0 Å². The number of alkyl halides is 6. The molecule has 1 heterocycles. The molecule has 0 saturated carbocycles. The minimum atomic E-state index is -4.64. The molecular formula is C23H21F6N3O. The van der Waals surface area contributed by atoms with E-state index in [4.69, 9.17) is 5.26 Å². The molecule has 0 atom stereocenters. The topological polar surface area (TPSA) is 56.1 Å². The second kappa shape index (κ2) is 9.83. The number of hydrogen-bond acceptors (Lipinski definition) is 3. The Morgan fingerprint density at radius 2 is 1.64 bits per heavy atom. The Labute approximate surface area is 186 Å². The van der Waals surface area contributed by atoms with Gasteiger partial charge in [0.2, 0.25) is 5.91 Å². The van der Waals surface area contributed by atoms with E-state index in [1.165, 1.54) is 24.3 Å². The summed E-state index contributed by atoms with van der Waals surface area (Å²) >= 11 is 0. The van der Waals surface area contributed by atoms with Crippen molar-refractivity contribution >= 4 is 5.91 Å². The van der Waals surface area contributed by atoms with Crippen molar-refractivity contribution in [3.63, 3.8) is 0 Å². The van der Waals surface area contributed by atoms with Crippen LogP contribution < -0.4 is 5.32 Å². The lowest BCUT2D eigenvalue weighted by Crippen LogP contribution is -2.40. The number of nitrogens with zero attached hydrogens (tertiary/aromatic N) is 2. The van der Waals surface area contributed by atoms with Crippen LogP contribution in [-0.4, -0.2) is 23.9 Å². The minimum absolute atomic E-state index is 0.113. The highest BCUT2D eigenvalue weighted by atomic mass is 19.4. The van der Waals surface area contributed by atoms with Gasteiger partial charge in [-0.05, 0) is 61.3 Å². The molecule has 1 aliphatic rings. The molecule has 10 heteroatoms. The third-order valence-corrected chi connectivity index (χ3v) is 5.64. The van der Waals surface area contributed by atoms with E-state index in [9.17, 15) is 31.1 Å². The number of hydrogen-bond donors (Lipinski definition) is 1. The Hall–Kier alpha value is -3.06. The molecule has 0 unspecified atom stereocenters. The van der Waals surface area contributed by atoms with Crippen LogP contribution in [0.25, 0.3) is 0 Å². The SMILES string of the molecule is N#Cc1ccc(CNC(=O)C2CCN(Cc3ccc(C(F)(F)F)cc3)CC2)c(C(F)(F)F)c1. The molecule has 3 rings (SSSR count). The second-order valence-corrected chi connectivity index (χ2v) is 7.94. The first-order valence-electron chi connectivity index (χ1n) is 10.2. The summed E-state index contributed by atoms with van der Waals surface area (Å²) in [5.74, 6) is -0.705. The van der Waals surface area contributed by atoms with Crippen molar-refractivity contribution in [2.45, 2.75) is 38.3 Å². The molecule has 1 amide bonds. The van der Waals surface area contributed by atoms with Gasteiger partial charge in [-0.2, -0.15) is 31.6 Å². The van der Waals surface area contributed by atoms with Crippen molar-refractivity contribution in [3.05, 3.63) is 70.3 Å². The number of amides is 1.